The van der Waals surface area contributed by atoms with Crippen LogP contribution in [0.3, 0.4) is 0 Å². The number of amides is 2. The van der Waals surface area contributed by atoms with Crippen molar-refractivity contribution in [3.05, 3.63) is 33.7 Å². The quantitative estimate of drug-likeness (QED) is 0.783. The SMILES string of the molecule is COc1ccc(Cl)cc1/C=C1\SC(=O)N(C)C1=O. The standard InChI is InChI=1S/C12H10ClNO3S/c1-14-11(15)10(18-12(14)16)6-7-5-8(13)3-4-9(7)17-2/h3-6H,1-2H3/b10-6-. The Kier molecular flexibility index (Phi) is 3.63. The molecule has 94 valence electrons. The van der Waals surface area contributed by atoms with Crippen molar-refractivity contribution in [3.8, 4) is 5.75 Å². The highest BCUT2D eigenvalue weighted by atomic mass is 35.5. The van der Waals surface area contributed by atoms with Crippen LogP contribution >= 0.6 is 23.4 Å². The second-order valence-corrected chi connectivity index (χ2v) is 5.06. The van der Waals surface area contributed by atoms with Gasteiger partial charge in [-0.15, -0.1) is 0 Å². The van der Waals surface area contributed by atoms with Crippen LogP contribution in [0.4, 0.5) is 4.79 Å². The first-order chi connectivity index (χ1) is 8.52. The molecule has 1 aliphatic heterocycles. The third-order valence-electron chi connectivity index (χ3n) is 2.46. The molecule has 1 saturated heterocycles. The molecule has 0 spiro atoms. The first-order valence-corrected chi connectivity index (χ1v) is 6.27. The van der Waals surface area contributed by atoms with E-state index in [1.54, 1.807) is 24.3 Å². The number of likely N-dealkylation sites (N-methyl/N-ethyl adjacent to an activating group) is 1. The van der Waals surface area contributed by atoms with Gasteiger partial charge in [-0.05, 0) is 36.0 Å². The Labute approximate surface area is 114 Å². The third kappa shape index (κ3) is 2.37. The highest BCUT2D eigenvalue weighted by Crippen LogP contribution is 2.33. The van der Waals surface area contributed by atoms with Crippen LogP contribution in [-0.4, -0.2) is 30.2 Å². The van der Waals surface area contributed by atoms with E-state index in [0.29, 0.717) is 21.2 Å². The van der Waals surface area contributed by atoms with Gasteiger partial charge in [-0.25, -0.2) is 0 Å². The highest BCUT2D eigenvalue weighted by Gasteiger charge is 2.31. The smallest absolute Gasteiger partial charge is 0.293 e. The van der Waals surface area contributed by atoms with Crippen molar-refractivity contribution in [2.24, 2.45) is 0 Å². The second kappa shape index (κ2) is 5.04. The second-order valence-electron chi connectivity index (χ2n) is 3.63. The zero-order chi connectivity index (χ0) is 13.3. The molecule has 1 aliphatic rings. The van der Waals surface area contributed by atoms with E-state index in [-0.39, 0.29) is 11.1 Å². The van der Waals surface area contributed by atoms with Crippen molar-refractivity contribution in [3.63, 3.8) is 0 Å². The molecule has 1 heterocycles. The lowest BCUT2D eigenvalue weighted by Gasteiger charge is -2.05. The third-order valence-corrected chi connectivity index (χ3v) is 3.66. The number of halogens is 1. The van der Waals surface area contributed by atoms with Crippen LogP contribution in [0.25, 0.3) is 6.08 Å². The predicted molar refractivity (Wildman–Crippen MR) is 71.7 cm³/mol. The van der Waals surface area contributed by atoms with Gasteiger partial charge in [0.15, 0.2) is 0 Å². The normalized spacial score (nSPS) is 17.7. The van der Waals surface area contributed by atoms with Gasteiger partial charge in [0.25, 0.3) is 11.1 Å². The summed E-state index contributed by atoms with van der Waals surface area (Å²) in [6.07, 6.45) is 1.61. The summed E-state index contributed by atoms with van der Waals surface area (Å²) in [4.78, 5) is 24.6. The molecule has 0 saturated carbocycles. The number of carbonyl (C=O) groups excluding carboxylic acids is 2. The molecule has 1 aromatic rings. The number of hydrogen-bond acceptors (Lipinski definition) is 4. The molecule has 0 bridgehead atoms. The molecule has 0 unspecified atom stereocenters. The number of benzene rings is 1. The Morgan fingerprint density at radius 1 is 1.39 bits per heavy atom. The Balaban J connectivity index is 2.42. The summed E-state index contributed by atoms with van der Waals surface area (Å²) in [7, 11) is 2.99. The number of imide groups is 1. The number of rotatable bonds is 2. The van der Waals surface area contributed by atoms with Crippen LogP contribution in [0.15, 0.2) is 23.1 Å². The number of carbonyl (C=O) groups is 2. The minimum Gasteiger partial charge on any atom is -0.496 e. The summed E-state index contributed by atoms with van der Waals surface area (Å²) in [5.74, 6) is 0.286. The zero-order valence-corrected chi connectivity index (χ0v) is 11.3. The van der Waals surface area contributed by atoms with E-state index in [4.69, 9.17) is 16.3 Å². The van der Waals surface area contributed by atoms with Gasteiger partial charge in [-0.3, -0.25) is 14.5 Å². The minimum atomic E-state index is -0.313. The monoisotopic (exact) mass is 283 g/mol. The van der Waals surface area contributed by atoms with Crippen LogP contribution in [0.5, 0.6) is 5.75 Å². The van der Waals surface area contributed by atoms with E-state index < -0.39 is 0 Å². The molecule has 0 N–H and O–H groups in total. The van der Waals surface area contributed by atoms with Crippen molar-refractivity contribution >= 4 is 40.6 Å². The summed E-state index contributed by atoms with van der Waals surface area (Å²) in [5, 5.41) is 0.255. The van der Waals surface area contributed by atoms with Crippen LogP contribution < -0.4 is 4.74 Å². The zero-order valence-electron chi connectivity index (χ0n) is 9.77. The van der Waals surface area contributed by atoms with E-state index >= 15 is 0 Å². The molecule has 6 heteroatoms. The van der Waals surface area contributed by atoms with Gasteiger partial charge in [0, 0.05) is 17.6 Å². The van der Waals surface area contributed by atoms with Gasteiger partial charge in [-0.1, -0.05) is 11.6 Å². The van der Waals surface area contributed by atoms with E-state index in [0.717, 1.165) is 16.7 Å². The lowest BCUT2D eigenvalue weighted by atomic mass is 10.2. The van der Waals surface area contributed by atoms with Crippen molar-refractivity contribution in [2.75, 3.05) is 14.2 Å². The minimum absolute atomic E-state index is 0.285. The van der Waals surface area contributed by atoms with Crippen LogP contribution in [-0.2, 0) is 4.79 Å². The molecular weight excluding hydrogens is 274 g/mol. The number of nitrogens with zero attached hydrogens (tertiary/aromatic N) is 1. The molecule has 0 atom stereocenters. The summed E-state index contributed by atoms with van der Waals surface area (Å²) >= 11 is 6.80. The first kappa shape index (κ1) is 13.0. The largest absolute Gasteiger partial charge is 0.496 e. The summed E-state index contributed by atoms with van der Waals surface area (Å²) < 4.78 is 5.18. The first-order valence-electron chi connectivity index (χ1n) is 5.08. The summed E-state index contributed by atoms with van der Waals surface area (Å²) in [6, 6.07) is 5.09. The van der Waals surface area contributed by atoms with Gasteiger partial charge in [-0.2, -0.15) is 0 Å². The molecule has 2 amide bonds. The number of methoxy groups -OCH3 is 1. The van der Waals surface area contributed by atoms with Gasteiger partial charge in [0.05, 0.1) is 12.0 Å². The Morgan fingerprint density at radius 2 is 2.11 bits per heavy atom. The van der Waals surface area contributed by atoms with Crippen LogP contribution in [0.2, 0.25) is 5.02 Å². The van der Waals surface area contributed by atoms with Crippen molar-refractivity contribution in [1.82, 2.24) is 4.90 Å². The molecule has 1 fully saturated rings. The Bertz CT molecular complexity index is 556. The van der Waals surface area contributed by atoms with E-state index in [1.165, 1.54) is 14.2 Å². The van der Waals surface area contributed by atoms with Gasteiger partial charge in [0.2, 0.25) is 0 Å². The number of thioether (sulfide) groups is 1. The average molecular weight is 284 g/mol. The Hall–Kier alpha value is -1.46. The van der Waals surface area contributed by atoms with Gasteiger partial charge >= 0.3 is 0 Å². The van der Waals surface area contributed by atoms with Crippen molar-refractivity contribution < 1.29 is 14.3 Å². The summed E-state index contributed by atoms with van der Waals surface area (Å²) in [6.45, 7) is 0. The molecule has 0 radical (unpaired) electrons. The van der Waals surface area contributed by atoms with Gasteiger partial charge < -0.3 is 4.74 Å². The predicted octanol–water partition coefficient (Wildman–Crippen LogP) is 3.01. The fraction of sp³-hybridized carbons (Fsp3) is 0.167. The molecule has 0 aromatic heterocycles. The number of ether oxygens (including phenoxy) is 1. The maximum absolute atomic E-state index is 11.7. The summed E-state index contributed by atoms with van der Waals surface area (Å²) in [5.41, 5.74) is 0.670. The van der Waals surface area contributed by atoms with Crippen LogP contribution in [0.1, 0.15) is 5.56 Å². The maximum atomic E-state index is 11.7. The van der Waals surface area contributed by atoms with Crippen LogP contribution in [0, 0.1) is 0 Å². The molecule has 0 aliphatic carbocycles. The molecule has 18 heavy (non-hydrogen) atoms. The van der Waals surface area contributed by atoms with E-state index in [2.05, 4.69) is 0 Å². The van der Waals surface area contributed by atoms with Crippen molar-refractivity contribution in [1.29, 1.82) is 0 Å². The lowest BCUT2D eigenvalue weighted by molar-refractivity contribution is -0.121. The molecule has 2 rings (SSSR count). The topological polar surface area (TPSA) is 46.6 Å². The molecule has 4 nitrogen and oxygen atoms in total. The Morgan fingerprint density at radius 3 is 2.67 bits per heavy atom. The fourth-order valence-electron chi connectivity index (χ4n) is 1.50. The van der Waals surface area contributed by atoms with E-state index in [9.17, 15) is 9.59 Å². The van der Waals surface area contributed by atoms with Crippen molar-refractivity contribution in [2.45, 2.75) is 0 Å². The van der Waals surface area contributed by atoms with Gasteiger partial charge in [0.1, 0.15) is 5.75 Å². The fourth-order valence-corrected chi connectivity index (χ4v) is 2.50. The lowest BCUT2D eigenvalue weighted by Crippen LogP contribution is -2.22. The average Bonchev–Trinajstić information content (AvgIpc) is 2.57. The van der Waals surface area contributed by atoms with E-state index in [1.807, 2.05) is 0 Å². The highest BCUT2D eigenvalue weighted by molar-refractivity contribution is 8.18. The molecular formula is C12H10ClNO3S. The maximum Gasteiger partial charge on any atom is 0.293 e. The number of hydrogen-bond donors (Lipinski definition) is 0. The molecule has 1 aromatic carbocycles.